The number of halogens is 1. The Hall–Kier alpha value is -2.51. The van der Waals surface area contributed by atoms with Crippen LogP contribution >= 0.6 is 15.9 Å². The van der Waals surface area contributed by atoms with E-state index in [-0.39, 0.29) is 31.8 Å². The van der Waals surface area contributed by atoms with Gasteiger partial charge >= 0.3 is 230 Å². The van der Waals surface area contributed by atoms with Crippen molar-refractivity contribution in [2.24, 2.45) is 0 Å². The summed E-state index contributed by atoms with van der Waals surface area (Å²) in [6.07, 6.45) is 2.28. The molecule has 0 fully saturated rings. The summed E-state index contributed by atoms with van der Waals surface area (Å²) in [6, 6.07) is 20.1. The van der Waals surface area contributed by atoms with Crippen molar-refractivity contribution in [3.05, 3.63) is 93.0 Å². The number of esters is 1. The number of carbonyl (C=O) groups excluding carboxylic acids is 1. The van der Waals surface area contributed by atoms with Crippen molar-refractivity contribution < 1.29 is 14.3 Å². The Morgan fingerprint density at radius 3 is 2.31 bits per heavy atom. The summed E-state index contributed by atoms with van der Waals surface area (Å²) in [4.78, 5) is 15.0. The molecule has 0 amide bonds. The molecule has 4 rings (SSSR count). The van der Waals surface area contributed by atoms with Crippen LogP contribution in [0.25, 0.3) is 0 Å². The van der Waals surface area contributed by atoms with Crippen LogP contribution in [-0.4, -0.2) is 28.0 Å². The zero-order valence-corrected chi connectivity index (χ0v) is 24.7. The van der Waals surface area contributed by atoms with Crippen LogP contribution in [0.3, 0.4) is 0 Å². The van der Waals surface area contributed by atoms with Gasteiger partial charge in [-0.25, -0.2) is 0 Å². The molecule has 186 valence electrons. The average molecular weight is 610 g/mol. The molecular weight excluding hydrogens is 579 g/mol. The first kappa shape index (κ1) is 26.5. The average Bonchev–Trinajstić information content (AvgIpc) is 2.86. The summed E-state index contributed by atoms with van der Waals surface area (Å²) in [5, 5.41) is 0. The normalized spacial score (nSPS) is 15.3. The fourth-order valence-corrected chi connectivity index (χ4v) is 6.16. The predicted octanol–water partition coefficient (Wildman–Crippen LogP) is 6.50. The monoisotopic (exact) mass is 610 g/mol. The molecule has 3 aromatic carbocycles. The van der Waals surface area contributed by atoms with Gasteiger partial charge in [0.1, 0.15) is 0 Å². The van der Waals surface area contributed by atoms with Crippen LogP contribution in [0.15, 0.2) is 65.1 Å². The Kier molecular flexibility index (Phi) is 8.00. The molecule has 0 aromatic heterocycles. The Morgan fingerprint density at radius 2 is 1.64 bits per heavy atom. The third-order valence-electron chi connectivity index (χ3n) is 6.83. The molecule has 0 unspecified atom stereocenters. The molecule has 0 N–H and O–H groups in total. The van der Waals surface area contributed by atoms with Crippen LogP contribution in [0.1, 0.15) is 73.1 Å². The van der Waals surface area contributed by atoms with Crippen molar-refractivity contribution in [1.82, 2.24) is 0 Å². The van der Waals surface area contributed by atoms with Gasteiger partial charge in [-0.05, 0) is 0 Å². The minimum absolute atomic E-state index is 0.0383. The summed E-state index contributed by atoms with van der Waals surface area (Å²) < 4.78 is 13.6. The van der Waals surface area contributed by atoms with Gasteiger partial charge in [0, 0.05) is 0 Å². The third kappa shape index (κ3) is 6.06. The molecular formula is C31H31BrO3Se. The van der Waals surface area contributed by atoms with Gasteiger partial charge < -0.3 is 0 Å². The maximum atomic E-state index is 11.7. The van der Waals surface area contributed by atoms with Crippen molar-refractivity contribution in [3.8, 4) is 16.5 Å². The SMILES string of the molecule is COC(=O)c1ccc(C#C[Se]c2cc(OCc3ccc(Br)cc3)c3c(c2)C(C)(C)CCC3(C)C)cc1. The minimum atomic E-state index is -0.339. The summed E-state index contributed by atoms with van der Waals surface area (Å²) in [5.74, 6) is 3.90. The van der Waals surface area contributed by atoms with E-state index in [9.17, 15) is 4.79 Å². The van der Waals surface area contributed by atoms with E-state index in [1.54, 1.807) is 12.1 Å². The number of hydrogen-bond acceptors (Lipinski definition) is 3. The second kappa shape index (κ2) is 10.9. The van der Waals surface area contributed by atoms with E-state index in [1.807, 2.05) is 24.3 Å². The van der Waals surface area contributed by atoms with Crippen molar-refractivity contribution in [2.75, 3.05) is 7.11 Å². The summed E-state index contributed by atoms with van der Waals surface area (Å²) >= 11 is 3.47. The molecule has 0 heterocycles. The molecule has 1 aliphatic rings. The van der Waals surface area contributed by atoms with Crippen LogP contribution in [0.4, 0.5) is 0 Å². The van der Waals surface area contributed by atoms with Crippen molar-refractivity contribution in [1.29, 1.82) is 0 Å². The molecule has 1 aliphatic carbocycles. The zero-order valence-electron chi connectivity index (χ0n) is 21.4. The van der Waals surface area contributed by atoms with Crippen molar-refractivity contribution in [2.45, 2.75) is 58.0 Å². The summed E-state index contributed by atoms with van der Waals surface area (Å²) in [6.45, 7) is 9.87. The van der Waals surface area contributed by atoms with Crippen LogP contribution in [0, 0.1) is 10.7 Å². The van der Waals surface area contributed by atoms with E-state index in [2.05, 4.69) is 78.6 Å². The number of rotatable bonds is 5. The van der Waals surface area contributed by atoms with Gasteiger partial charge in [-0.3, -0.25) is 0 Å². The molecule has 0 saturated carbocycles. The number of fused-ring (bicyclic) bond motifs is 1. The van der Waals surface area contributed by atoms with E-state index < -0.39 is 0 Å². The molecule has 0 radical (unpaired) electrons. The standard InChI is InChI=1S/C31H31BrO3Se/c1-30(2)15-16-31(3,4)28-26(30)18-25(19-27(28)35-20-22-8-12-24(32)13-9-22)36-17-14-21-6-10-23(11-7-21)29(33)34-5/h6-13,18-19H,15-16,20H2,1-5H3. The quantitative estimate of drug-likeness (QED) is 0.188. The Balaban J connectivity index is 1.64. The summed E-state index contributed by atoms with van der Waals surface area (Å²) in [5.41, 5.74) is 5.42. The van der Waals surface area contributed by atoms with E-state index in [4.69, 9.17) is 9.47 Å². The number of methoxy groups -OCH3 is 1. The van der Waals surface area contributed by atoms with Gasteiger partial charge in [0.15, 0.2) is 0 Å². The van der Waals surface area contributed by atoms with Gasteiger partial charge in [0.05, 0.1) is 0 Å². The molecule has 0 atom stereocenters. The van der Waals surface area contributed by atoms with Crippen LogP contribution in [0.2, 0.25) is 0 Å². The maximum absolute atomic E-state index is 11.7. The molecule has 0 aliphatic heterocycles. The number of benzene rings is 3. The first-order valence-corrected chi connectivity index (χ1v) is 14.5. The predicted molar refractivity (Wildman–Crippen MR) is 150 cm³/mol. The molecule has 3 aromatic rings. The molecule has 36 heavy (non-hydrogen) atoms. The van der Waals surface area contributed by atoms with E-state index in [0.29, 0.717) is 12.2 Å². The van der Waals surface area contributed by atoms with E-state index >= 15 is 0 Å². The zero-order chi connectivity index (χ0) is 25.9. The fourth-order valence-electron chi connectivity index (χ4n) is 4.57. The molecule has 0 bridgehead atoms. The first-order valence-electron chi connectivity index (χ1n) is 12.0. The van der Waals surface area contributed by atoms with Gasteiger partial charge in [0.2, 0.25) is 0 Å². The summed E-state index contributed by atoms with van der Waals surface area (Å²) in [7, 11) is 1.39. The number of carbonyl (C=O) groups is 1. The van der Waals surface area contributed by atoms with Crippen LogP contribution in [-0.2, 0) is 22.2 Å². The first-order chi connectivity index (χ1) is 17.1. The Labute approximate surface area is 229 Å². The topological polar surface area (TPSA) is 35.5 Å². The molecule has 3 nitrogen and oxygen atoms in total. The van der Waals surface area contributed by atoms with Crippen molar-refractivity contribution in [3.63, 3.8) is 0 Å². The molecule has 5 heteroatoms. The van der Waals surface area contributed by atoms with Gasteiger partial charge in [-0.2, -0.15) is 0 Å². The van der Waals surface area contributed by atoms with Gasteiger partial charge in [-0.15, -0.1) is 0 Å². The number of ether oxygens (including phenoxy) is 2. The Morgan fingerprint density at radius 1 is 0.972 bits per heavy atom. The Bertz CT molecular complexity index is 1310. The molecule has 0 saturated heterocycles. The van der Waals surface area contributed by atoms with Gasteiger partial charge in [-0.1, -0.05) is 0 Å². The van der Waals surface area contributed by atoms with Crippen molar-refractivity contribution >= 4 is 41.3 Å². The van der Waals surface area contributed by atoms with E-state index in [1.165, 1.54) is 22.7 Å². The second-order valence-corrected chi connectivity index (χ2v) is 13.2. The molecule has 0 spiro atoms. The second-order valence-electron chi connectivity index (χ2n) is 10.4. The number of hydrogen-bond donors (Lipinski definition) is 0. The third-order valence-corrected chi connectivity index (χ3v) is 8.78. The van der Waals surface area contributed by atoms with Gasteiger partial charge in [0.25, 0.3) is 0 Å². The fraction of sp³-hybridized carbons (Fsp3) is 0.323. The van der Waals surface area contributed by atoms with Crippen LogP contribution < -0.4 is 9.20 Å². The van der Waals surface area contributed by atoms with E-state index in [0.717, 1.165) is 34.2 Å². The van der Waals surface area contributed by atoms with Crippen LogP contribution in [0.5, 0.6) is 5.75 Å².